The zero-order valence-electron chi connectivity index (χ0n) is 12.5. The molecule has 0 N–H and O–H groups in total. The molecule has 0 aliphatic carbocycles. The summed E-state index contributed by atoms with van der Waals surface area (Å²) in [6.45, 7) is 3.64. The van der Waals surface area contributed by atoms with Crippen molar-refractivity contribution < 1.29 is 13.9 Å². The van der Waals surface area contributed by atoms with Crippen LogP contribution in [0.25, 0.3) is 11.6 Å². The molecule has 0 atom stereocenters. The van der Waals surface area contributed by atoms with Crippen LogP contribution in [0.2, 0.25) is 0 Å². The second-order valence-corrected chi connectivity index (χ2v) is 5.26. The Morgan fingerprint density at radius 1 is 1.23 bits per heavy atom. The van der Waals surface area contributed by atoms with Crippen molar-refractivity contribution in [3.63, 3.8) is 0 Å². The van der Waals surface area contributed by atoms with E-state index in [1.54, 1.807) is 18.5 Å². The van der Waals surface area contributed by atoms with E-state index in [0.29, 0.717) is 11.4 Å². The number of furan rings is 1. The van der Waals surface area contributed by atoms with Gasteiger partial charge >= 0.3 is 6.09 Å². The molecule has 0 bridgehead atoms. The van der Waals surface area contributed by atoms with Gasteiger partial charge in [-0.25, -0.2) is 9.69 Å². The van der Waals surface area contributed by atoms with Crippen molar-refractivity contribution in [2.75, 3.05) is 4.90 Å². The minimum atomic E-state index is -0.410. The Bertz CT molecular complexity index is 726. The number of hydrogen-bond acceptors (Lipinski definition) is 3. The van der Waals surface area contributed by atoms with Gasteiger partial charge in [-0.3, -0.25) is 0 Å². The molecule has 2 heterocycles. The summed E-state index contributed by atoms with van der Waals surface area (Å²) in [4.78, 5) is 13.6. The molecule has 4 nitrogen and oxygen atoms in total. The van der Waals surface area contributed by atoms with Crippen LogP contribution in [0.1, 0.15) is 25.2 Å². The number of fused-ring (bicyclic) bond motifs is 1. The topological polar surface area (TPSA) is 42.7 Å². The molecule has 2 aromatic rings. The van der Waals surface area contributed by atoms with Crippen molar-refractivity contribution in [3.05, 3.63) is 66.3 Å². The van der Waals surface area contributed by atoms with E-state index in [2.05, 4.69) is 0 Å². The average Bonchev–Trinajstić information content (AvgIpc) is 2.97. The lowest BCUT2D eigenvalue weighted by atomic mass is 10.1. The van der Waals surface area contributed by atoms with E-state index in [-0.39, 0.29) is 6.10 Å². The molecule has 1 aromatic carbocycles. The fourth-order valence-corrected chi connectivity index (χ4v) is 2.28. The molecule has 112 valence electrons. The minimum Gasteiger partial charge on any atom is -0.462 e. The van der Waals surface area contributed by atoms with Gasteiger partial charge in [-0.05, 0) is 31.6 Å². The van der Waals surface area contributed by atoms with E-state index in [9.17, 15) is 4.79 Å². The molecule has 0 unspecified atom stereocenters. The normalized spacial score (nSPS) is 15.2. The van der Waals surface area contributed by atoms with Crippen LogP contribution in [-0.2, 0) is 4.74 Å². The van der Waals surface area contributed by atoms with Gasteiger partial charge in [0.25, 0.3) is 0 Å². The van der Waals surface area contributed by atoms with Crippen LogP contribution in [0.4, 0.5) is 10.5 Å². The third-order valence-corrected chi connectivity index (χ3v) is 3.22. The summed E-state index contributed by atoms with van der Waals surface area (Å²) in [5.41, 5.74) is 2.68. The fourth-order valence-electron chi connectivity index (χ4n) is 2.28. The van der Waals surface area contributed by atoms with E-state index < -0.39 is 6.09 Å². The van der Waals surface area contributed by atoms with Gasteiger partial charge in [0, 0.05) is 17.8 Å². The number of ether oxygens (including phenoxy) is 1. The highest BCUT2D eigenvalue weighted by molar-refractivity contribution is 6.00. The summed E-state index contributed by atoms with van der Waals surface area (Å²) < 4.78 is 10.8. The Balaban J connectivity index is 1.93. The number of carbonyl (C=O) groups is 1. The lowest BCUT2D eigenvalue weighted by molar-refractivity contribution is 0.124. The Hall–Kier alpha value is -2.75. The second kappa shape index (κ2) is 5.93. The SMILES string of the molecule is CC(C)OC(=O)N1C=C/C(=C\c2ccccc2)c2occc21. The molecule has 0 radical (unpaired) electrons. The van der Waals surface area contributed by atoms with Crippen LogP contribution in [0.5, 0.6) is 0 Å². The van der Waals surface area contributed by atoms with Crippen LogP contribution in [-0.4, -0.2) is 12.2 Å². The smallest absolute Gasteiger partial charge is 0.418 e. The first-order valence-electron chi connectivity index (χ1n) is 7.18. The van der Waals surface area contributed by atoms with Crippen LogP contribution < -0.4 is 4.90 Å². The average molecular weight is 295 g/mol. The molecular formula is C18H17NO3. The summed E-state index contributed by atoms with van der Waals surface area (Å²) in [5, 5.41) is 0. The maximum atomic E-state index is 12.1. The minimum absolute atomic E-state index is 0.169. The largest absolute Gasteiger partial charge is 0.462 e. The lowest BCUT2D eigenvalue weighted by Gasteiger charge is -2.22. The standard InChI is InChI=1S/C18H17NO3/c1-13(2)22-18(20)19-10-8-15(17-16(19)9-11-21-17)12-14-6-4-3-5-7-14/h3-13H,1-2H3/b15-12+. The summed E-state index contributed by atoms with van der Waals surface area (Å²) in [7, 11) is 0. The van der Waals surface area contributed by atoms with Crippen LogP contribution >= 0.6 is 0 Å². The summed E-state index contributed by atoms with van der Waals surface area (Å²) in [6, 6.07) is 11.7. The number of hydrogen-bond donors (Lipinski definition) is 0. The number of carbonyl (C=O) groups excluding carboxylic acids is 1. The Kier molecular flexibility index (Phi) is 3.83. The Morgan fingerprint density at radius 3 is 2.73 bits per heavy atom. The zero-order chi connectivity index (χ0) is 15.5. The van der Waals surface area contributed by atoms with Gasteiger partial charge in [0.15, 0.2) is 5.76 Å². The molecule has 1 aliphatic rings. The first-order valence-corrected chi connectivity index (χ1v) is 7.18. The van der Waals surface area contributed by atoms with Gasteiger partial charge in [0.1, 0.15) is 0 Å². The first kappa shape index (κ1) is 14.2. The molecule has 0 fully saturated rings. The lowest BCUT2D eigenvalue weighted by Crippen LogP contribution is -2.29. The van der Waals surface area contributed by atoms with Crippen LogP contribution in [0.15, 0.2) is 59.4 Å². The fraction of sp³-hybridized carbons (Fsp3) is 0.167. The Labute approximate surface area is 129 Å². The first-order chi connectivity index (χ1) is 10.6. The third-order valence-electron chi connectivity index (χ3n) is 3.22. The maximum absolute atomic E-state index is 12.1. The molecule has 4 heteroatoms. The summed E-state index contributed by atoms with van der Waals surface area (Å²) >= 11 is 0. The number of nitrogens with zero attached hydrogens (tertiary/aromatic N) is 1. The van der Waals surface area contributed by atoms with Gasteiger partial charge in [-0.2, -0.15) is 0 Å². The highest BCUT2D eigenvalue weighted by Crippen LogP contribution is 2.35. The highest BCUT2D eigenvalue weighted by atomic mass is 16.6. The van der Waals surface area contributed by atoms with Crippen molar-refractivity contribution in [3.8, 4) is 0 Å². The number of rotatable bonds is 2. The van der Waals surface area contributed by atoms with Crippen LogP contribution in [0.3, 0.4) is 0 Å². The molecule has 1 amide bonds. The van der Waals surface area contributed by atoms with Crippen molar-refractivity contribution in [2.45, 2.75) is 20.0 Å². The number of anilines is 1. The molecule has 1 aliphatic heterocycles. The van der Waals surface area contributed by atoms with E-state index in [1.165, 1.54) is 4.90 Å². The van der Waals surface area contributed by atoms with Gasteiger partial charge in [-0.1, -0.05) is 30.3 Å². The number of benzene rings is 1. The van der Waals surface area contributed by atoms with E-state index >= 15 is 0 Å². The number of allylic oxidation sites excluding steroid dienone is 2. The van der Waals surface area contributed by atoms with Crippen LogP contribution in [0, 0.1) is 0 Å². The third kappa shape index (κ3) is 2.81. The summed E-state index contributed by atoms with van der Waals surface area (Å²) in [6.07, 6.45) is 6.57. The summed E-state index contributed by atoms with van der Waals surface area (Å²) in [5.74, 6) is 0.659. The zero-order valence-corrected chi connectivity index (χ0v) is 12.5. The van der Waals surface area contributed by atoms with Gasteiger partial charge in [0.05, 0.1) is 18.1 Å². The second-order valence-electron chi connectivity index (χ2n) is 5.26. The van der Waals surface area contributed by atoms with Crippen molar-refractivity contribution in [2.24, 2.45) is 0 Å². The van der Waals surface area contributed by atoms with Crippen molar-refractivity contribution in [1.29, 1.82) is 0 Å². The molecule has 1 aromatic heterocycles. The predicted molar refractivity (Wildman–Crippen MR) is 86.3 cm³/mol. The van der Waals surface area contributed by atoms with Crippen molar-refractivity contribution in [1.82, 2.24) is 0 Å². The molecule has 0 saturated carbocycles. The van der Waals surface area contributed by atoms with E-state index in [0.717, 1.165) is 11.1 Å². The maximum Gasteiger partial charge on any atom is 0.418 e. The van der Waals surface area contributed by atoms with Gasteiger partial charge in [0.2, 0.25) is 0 Å². The molecule has 3 rings (SSSR count). The number of amides is 1. The molecule has 0 spiro atoms. The Morgan fingerprint density at radius 2 is 2.00 bits per heavy atom. The van der Waals surface area contributed by atoms with E-state index in [1.807, 2.05) is 56.3 Å². The van der Waals surface area contributed by atoms with Crippen molar-refractivity contribution >= 4 is 23.4 Å². The quantitative estimate of drug-likeness (QED) is 0.806. The molecule has 22 heavy (non-hydrogen) atoms. The highest BCUT2D eigenvalue weighted by Gasteiger charge is 2.25. The van der Waals surface area contributed by atoms with Gasteiger partial charge in [-0.15, -0.1) is 0 Å². The molecular weight excluding hydrogens is 278 g/mol. The molecule has 0 saturated heterocycles. The van der Waals surface area contributed by atoms with Gasteiger partial charge < -0.3 is 9.15 Å². The van der Waals surface area contributed by atoms with E-state index in [4.69, 9.17) is 9.15 Å². The predicted octanol–water partition coefficient (Wildman–Crippen LogP) is 4.70. The monoisotopic (exact) mass is 295 g/mol.